The van der Waals surface area contributed by atoms with Crippen LogP contribution in [0.25, 0.3) is 11.3 Å². The van der Waals surface area contributed by atoms with Gasteiger partial charge in [-0.2, -0.15) is 4.31 Å². The molecule has 2 aliphatic heterocycles. The number of aromatic nitrogens is 1. The monoisotopic (exact) mass is 525 g/mol. The SMILES string of the molecule is O=C(Nc1nc(-c2ccc3c(c2)OCCO3)cs1)C1CCN(S(=O)(=O)c2ccc(Cl)s2)CC1. The normalized spacial score (nSPS) is 17.1. The highest BCUT2D eigenvalue weighted by molar-refractivity contribution is 7.91. The summed E-state index contributed by atoms with van der Waals surface area (Å²) < 4.78 is 38.7. The van der Waals surface area contributed by atoms with Crippen LogP contribution < -0.4 is 14.8 Å². The second kappa shape index (κ2) is 9.22. The van der Waals surface area contributed by atoms with E-state index in [1.54, 1.807) is 6.07 Å². The van der Waals surface area contributed by atoms with Crippen LogP contribution in [0.1, 0.15) is 12.8 Å². The number of ether oxygens (including phenoxy) is 2. The number of amides is 1. The van der Waals surface area contributed by atoms with Gasteiger partial charge in [-0.3, -0.25) is 4.79 Å². The number of nitrogens with zero attached hydrogens (tertiary/aromatic N) is 2. The molecule has 0 saturated carbocycles. The van der Waals surface area contributed by atoms with Crippen molar-refractivity contribution >= 4 is 55.3 Å². The van der Waals surface area contributed by atoms with Gasteiger partial charge in [-0.15, -0.1) is 22.7 Å². The first-order valence-corrected chi connectivity index (χ1v) is 13.8. The predicted octanol–water partition coefficient (Wildman–Crippen LogP) is 4.34. The van der Waals surface area contributed by atoms with E-state index in [1.165, 1.54) is 21.7 Å². The molecule has 0 atom stereocenters. The first kappa shape index (κ1) is 22.6. The van der Waals surface area contributed by atoms with Crippen molar-refractivity contribution in [3.8, 4) is 22.8 Å². The fraction of sp³-hybridized carbons (Fsp3) is 0.333. The summed E-state index contributed by atoms with van der Waals surface area (Å²) in [6, 6.07) is 8.74. The number of fused-ring (bicyclic) bond motifs is 1. The third kappa shape index (κ3) is 4.73. The Balaban J connectivity index is 1.20. The molecule has 2 aliphatic rings. The summed E-state index contributed by atoms with van der Waals surface area (Å²) in [6.45, 7) is 1.62. The van der Waals surface area contributed by atoms with Crippen LogP contribution in [-0.2, 0) is 14.8 Å². The molecule has 0 bridgehead atoms. The Kier molecular flexibility index (Phi) is 6.32. The molecule has 1 N–H and O–H groups in total. The Hall–Kier alpha value is -2.18. The Labute approximate surface area is 204 Å². The van der Waals surface area contributed by atoms with Crippen LogP contribution in [0.15, 0.2) is 39.9 Å². The third-order valence-corrected chi connectivity index (χ3v) is 9.89. The van der Waals surface area contributed by atoms with Crippen LogP contribution in [0.2, 0.25) is 4.34 Å². The Bertz CT molecular complexity index is 1280. The highest BCUT2D eigenvalue weighted by atomic mass is 35.5. The zero-order valence-corrected chi connectivity index (χ0v) is 20.5. The first-order valence-electron chi connectivity index (χ1n) is 10.3. The Morgan fingerprint density at radius 1 is 1.12 bits per heavy atom. The molecule has 0 radical (unpaired) electrons. The summed E-state index contributed by atoms with van der Waals surface area (Å²) >= 11 is 8.27. The van der Waals surface area contributed by atoms with Crippen molar-refractivity contribution in [2.75, 3.05) is 31.6 Å². The number of sulfonamides is 1. The highest BCUT2D eigenvalue weighted by Gasteiger charge is 2.33. The van der Waals surface area contributed by atoms with Gasteiger partial charge >= 0.3 is 0 Å². The number of hydrogen-bond donors (Lipinski definition) is 1. The third-order valence-electron chi connectivity index (χ3n) is 5.54. The van der Waals surface area contributed by atoms with E-state index in [0.29, 0.717) is 47.0 Å². The molecule has 8 nitrogen and oxygen atoms in total. The van der Waals surface area contributed by atoms with Crippen LogP contribution in [0, 0.1) is 5.92 Å². The molecule has 0 aliphatic carbocycles. The molecular formula is C21H20ClN3O5S3. The lowest BCUT2D eigenvalue weighted by Crippen LogP contribution is -2.41. The molecule has 1 saturated heterocycles. The second-order valence-corrected chi connectivity index (χ2v) is 12.4. The Morgan fingerprint density at radius 2 is 1.88 bits per heavy atom. The largest absolute Gasteiger partial charge is 0.486 e. The zero-order valence-electron chi connectivity index (χ0n) is 17.3. The smallest absolute Gasteiger partial charge is 0.252 e. The van der Waals surface area contributed by atoms with Crippen molar-refractivity contribution in [3.05, 3.63) is 40.0 Å². The number of carbonyl (C=O) groups is 1. The molecule has 0 unspecified atom stereocenters. The molecule has 33 heavy (non-hydrogen) atoms. The quantitative estimate of drug-likeness (QED) is 0.532. The van der Waals surface area contributed by atoms with E-state index in [-0.39, 0.29) is 29.1 Å². The number of rotatable bonds is 5. The average Bonchev–Trinajstić information content (AvgIpc) is 3.48. The maximum Gasteiger partial charge on any atom is 0.252 e. The molecule has 2 aromatic heterocycles. The van der Waals surface area contributed by atoms with E-state index in [9.17, 15) is 13.2 Å². The summed E-state index contributed by atoms with van der Waals surface area (Å²) in [7, 11) is -3.58. The lowest BCUT2D eigenvalue weighted by atomic mass is 9.97. The van der Waals surface area contributed by atoms with Crippen molar-refractivity contribution in [2.45, 2.75) is 17.1 Å². The molecule has 1 aromatic carbocycles. The second-order valence-electron chi connectivity index (χ2n) is 7.62. The molecule has 12 heteroatoms. The number of halogens is 1. The summed E-state index contributed by atoms with van der Waals surface area (Å²) in [6.07, 6.45) is 0.898. The average molecular weight is 526 g/mol. The van der Waals surface area contributed by atoms with Crippen LogP contribution in [0.3, 0.4) is 0 Å². The van der Waals surface area contributed by atoms with Crippen molar-refractivity contribution in [1.82, 2.24) is 9.29 Å². The fourth-order valence-corrected chi connectivity index (χ4v) is 7.63. The van der Waals surface area contributed by atoms with Gasteiger partial charge in [0.15, 0.2) is 16.6 Å². The molecule has 1 fully saturated rings. The number of anilines is 1. The van der Waals surface area contributed by atoms with E-state index < -0.39 is 10.0 Å². The van der Waals surface area contributed by atoms with E-state index in [4.69, 9.17) is 21.1 Å². The minimum absolute atomic E-state index is 0.144. The zero-order chi connectivity index (χ0) is 23.0. The standard InChI is InChI=1S/C21H20ClN3O5S3/c22-18-3-4-19(32-18)33(27,28)25-7-5-13(6-8-25)20(26)24-21-23-15(12-31-21)14-1-2-16-17(11-14)30-10-9-29-16/h1-4,11-13H,5-10H2,(H,23,24,26). The molecule has 5 rings (SSSR count). The van der Waals surface area contributed by atoms with Gasteiger partial charge in [-0.05, 0) is 43.2 Å². The summed E-state index contributed by atoms with van der Waals surface area (Å²) in [4.78, 5) is 17.3. The minimum atomic E-state index is -3.58. The number of thiophene rings is 1. The van der Waals surface area contributed by atoms with Gasteiger partial charge in [-0.25, -0.2) is 13.4 Å². The van der Waals surface area contributed by atoms with Crippen LogP contribution in [-0.4, -0.2) is 49.9 Å². The Morgan fingerprint density at radius 3 is 2.61 bits per heavy atom. The summed E-state index contributed by atoms with van der Waals surface area (Å²) in [5.74, 6) is 0.979. The number of benzene rings is 1. The summed E-state index contributed by atoms with van der Waals surface area (Å²) in [5, 5.41) is 5.27. The van der Waals surface area contributed by atoms with Gasteiger partial charge in [0, 0.05) is 30.0 Å². The number of hydrogen-bond acceptors (Lipinski definition) is 8. The van der Waals surface area contributed by atoms with Crippen molar-refractivity contribution < 1.29 is 22.7 Å². The van der Waals surface area contributed by atoms with Gasteiger partial charge in [0.2, 0.25) is 5.91 Å². The molecule has 4 heterocycles. The molecule has 3 aromatic rings. The van der Waals surface area contributed by atoms with Crippen molar-refractivity contribution in [3.63, 3.8) is 0 Å². The van der Waals surface area contributed by atoms with Crippen LogP contribution in [0.5, 0.6) is 11.5 Å². The first-order chi connectivity index (χ1) is 15.9. The molecule has 0 spiro atoms. The van der Waals surface area contributed by atoms with Gasteiger partial charge in [0.25, 0.3) is 10.0 Å². The molecule has 1 amide bonds. The fourth-order valence-electron chi connectivity index (χ4n) is 3.80. The maximum atomic E-state index is 12.8. The van der Waals surface area contributed by atoms with Crippen LogP contribution in [0.4, 0.5) is 5.13 Å². The summed E-state index contributed by atoms with van der Waals surface area (Å²) in [5.41, 5.74) is 1.62. The highest BCUT2D eigenvalue weighted by Crippen LogP contribution is 2.36. The maximum absolute atomic E-state index is 12.8. The number of carbonyl (C=O) groups excluding carboxylic acids is 1. The number of thiazole rings is 1. The molecule has 174 valence electrons. The van der Waals surface area contributed by atoms with Crippen molar-refractivity contribution in [1.29, 1.82) is 0 Å². The van der Waals surface area contributed by atoms with E-state index in [0.717, 1.165) is 22.6 Å². The predicted molar refractivity (Wildman–Crippen MR) is 128 cm³/mol. The minimum Gasteiger partial charge on any atom is -0.486 e. The van der Waals surface area contributed by atoms with Gasteiger partial charge in [-0.1, -0.05) is 11.6 Å². The van der Waals surface area contributed by atoms with Gasteiger partial charge < -0.3 is 14.8 Å². The van der Waals surface area contributed by atoms with Gasteiger partial charge in [0.05, 0.1) is 10.0 Å². The van der Waals surface area contributed by atoms with Crippen molar-refractivity contribution in [2.24, 2.45) is 5.92 Å². The number of nitrogens with one attached hydrogen (secondary N) is 1. The van der Waals surface area contributed by atoms with Crippen LogP contribution >= 0.6 is 34.3 Å². The van der Waals surface area contributed by atoms with E-state index in [2.05, 4.69) is 10.3 Å². The lowest BCUT2D eigenvalue weighted by Gasteiger charge is -2.29. The van der Waals surface area contributed by atoms with E-state index >= 15 is 0 Å². The number of piperidine rings is 1. The van der Waals surface area contributed by atoms with E-state index in [1.807, 2.05) is 23.6 Å². The molecular weight excluding hydrogens is 506 g/mol. The lowest BCUT2D eigenvalue weighted by molar-refractivity contribution is -0.120. The topological polar surface area (TPSA) is 97.8 Å². The van der Waals surface area contributed by atoms with Gasteiger partial charge in [0.1, 0.15) is 17.4 Å².